The van der Waals surface area contributed by atoms with Gasteiger partial charge in [0.25, 0.3) is 5.91 Å². The number of esters is 1. The van der Waals surface area contributed by atoms with Gasteiger partial charge < -0.3 is 19.6 Å². The summed E-state index contributed by atoms with van der Waals surface area (Å²) in [5.41, 5.74) is 1.97. The molecule has 1 atom stereocenters. The Morgan fingerprint density at radius 1 is 1.04 bits per heavy atom. The largest absolute Gasteiger partial charge is 0.495 e. The first-order valence-corrected chi connectivity index (χ1v) is 8.60. The number of rotatable bonds is 8. The number of ether oxygens (including phenoxy) is 2. The van der Waals surface area contributed by atoms with Crippen LogP contribution in [0.25, 0.3) is 0 Å². The quantitative estimate of drug-likeness (QED) is 0.719. The summed E-state index contributed by atoms with van der Waals surface area (Å²) in [6, 6.07) is 14.1. The van der Waals surface area contributed by atoms with Crippen molar-refractivity contribution in [3.05, 3.63) is 59.7 Å². The number of nitrogens with one attached hydrogen (secondary N) is 1. The van der Waals surface area contributed by atoms with Crippen LogP contribution in [0.1, 0.15) is 37.0 Å². The summed E-state index contributed by atoms with van der Waals surface area (Å²) in [5.74, 6) is -0.715. The molecular weight excluding hydrogens is 346 g/mol. The fraction of sp³-hybridized carbons (Fsp3) is 0.286. The first-order valence-electron chi connectivity index (χ1n) is 8.60. The van der Waals surface area contributed by atoms with Crippen LogP contribution in [0.2, 0.25) is 0 Å². The Hall–Kier alpha value is -3.15. The molecule has 0 radical (unpaired) electrons. The molecule has 2 aromatic carbocycles. The van der Waals surface area contributed by atoms with Crippen LogP contribution in [-0.4, -0.2) is 24.8 Å². The van der Waals surface area contributed by atoms with Crippen molar-refractivity contribution in [1.82, 2.24) is 0 Å². The molecule has 0 saturated carbocycles. The smallest absolute Gasteiger partial charge is 0.307 e. The summed E-state index contributed by atoms with van der Waals surface area (Å²) < 4.78 is 10.7. The Morgan fingerprint density at radius 3 is 2.37 bits per heavy atom. The van der Waals surface area contributed by atoms with Gasteiger partial charge in [-0.2, -0.15) is 0 Å². The summed E-state index contributed by atoms with van der Waals surface area (Å²) >= 11 is 0. The minimum absolute atomic E-state index is 0.0697. The van der Waals surface area contributed by atoms with Gasteiger partial charge in [0, 0.05) is 12.0 Å². The fourth-order valence-electron chi connectivity index (χ4n) is 2.49. The van der Waals surface area contributed by atoms with Gasteiger partial charge in [-0.1, -0.05) is 36.4 Å². The average molecular weight is 369 g/mol. The molecule has 1 amide bonds. The average Bonchev–Trinajstić information content (AvgIpc) is 2.65. The molecule has 0 spiro atoms. The fourth-order valence-corrected chi connectivity index (χ4v) is 2.49. The number of carbonyl (C=O) groups excluding carboxylic acids is 3. The van der Waals surface area contributed by atoms with Crippen molar-refractivity contribution < 1.29 is 23.9 Å². The van der Waals surface area contributed by atoms with E-state index in [4.69, 9.17) is 9.47 Å². The number of carbonyl (C=O) groups is 3. The van der Waals surface area contributed by atoms with E-state index in [1.54, 1.807) is 42.5 Å². The number of Topliss-reactive ketones (excluding diaryl/α,β-unsaturated/α-hetero) is 1. The van der Waals surface area contributed by atoms with Crippen LogP contribution in [0.15, 0.2) is 48.5 Å². The number of benzene rings is 2. The number of amides is 1. The topological polar surface area (TPSA) is 81.7 Å². The molecule has 1 N–H and O–H groups in total. The minimum atomic E-state index is -1.13. The molecule has 27 heavy (non-hydrogen) atoms. The molecule has 0 aliphatic rings. The van der Waals surface area contributed by atoms with Crippen LogP contribution < -0.4 is 10.1 Å². The predicted octanol–water partition coefficient (Wildman–Crippen LogP) is 3.60. The zero-order valence-electron chi connectivity index (χ0n) is 15.7. The monoisotopic (exact) mass is 369 g/mol. The van der Waals surface area contributed by atoms with Gasteiger partial charge in [-0.25, -0.2) is 0 Å². The van der Waals surface area contributed by atoms with E-state index in [0.717, 1.165) is 5.56 Å². The van der Waals surface area contributed by atoms with Crippen molar-refractivity contribution in [1.29, 1.82) is 0 Å². The molecule has 2 aromatic rings. The van der Waals surface area contributed by atoms with E-state index in [-0.39, 0.29) is 18.6 Å². The zero-order valence-corrected chi connectivity index (χ0v) is 15.7. The molecule has 6 nitrogen and oxygen atoms in total. The molecule has 1 unspecified atom stereocenters. The Kier molecular flexibility index (Phi) is 7.11. The van der Waals surface area contributed by atoms with Crippen molar-refractivity contribution in [2.45, 2.75) is 32.8 Å². The predicted molar refractivity (Wildman–Crippen MR) is 102 cm³/mol. The van der Waals surface area contributed by atoms with Gasteiger partial charge in [-0.15, -0.1) is 0 Å². The summed E-state index contributed by atoms with van der Waals surface area (Å²) in [5, 5.41) is 2.76. The molecule has 0 saturated heterocycles. The Bertz CT molecular complexity index is 817. The van der Waals surface area contributed by atoms with Crippen LogP contribution in [0.5, 0.6) is 5.75 Å². The third-order valence-corrected chi connectivity index (χ3v) is 3.88. The molecule has 6 heteroatoms. The lowest BCUT2D eigenvalue weighted by atomic mass is 10.1. The van der Waals surface area contributed by atoms with Crippen molar-refractivity contribution >= 4 is 23.3 Å². The SMILES string of the molecule is COc1ccc(C)cc1NC(=O)C(OC(=O)CCC(C)=O)c1ccccc1. The maximum Gasteiger partial charge on any atom is 0.307 e. The minimum Gasteiger partial charge on any atom is -0.495 e. The van der Waals surface area contributed by atoms with E-state index in [1.807, 2.05) is 13.0 Å². The highest BCUT2D eigenvalue weighted by molar-refractivity contribution is 5.97. The molecule has 0 aromatic heterocycles. The van der Waals surface area contributed by atoms with Gasteiger partial charge in [0.05, 0.1) is 19.2 Å². The third kappa shape index (κ3) is 5.95. The lowest BCUT2D eigenvalue weighted by molar-refractivity contribution is -0.155. The lowest BCUT2D eigenvalue weighted by Crippen LogP contribution is -2.26. The summed E-state index contributed by atoms with van der Waals surface area (Å²) in [7, 11) is 1.51. The molecular formula is C21H23NO5. The van der Waals surface area contributed by atoms with Gasteiger partial charge in [0.2, 0.25) is 6.10 Å². The second-order valence-corrected chi connectivity index (χ2v) is 6.18. The van der Waals surface area contributed by atoms with Gasteiger partial charge in [0.15, 0.2) is 0 Å². The Morgan fingerprint density at radius 2 is 1.74 bits per heavy atom. The highest BCUT2D eigenvalue weighted by Crippen LogP contribution is 2.28. The van der Waals surface area contributed by atoms with Crippen molar-refractivity contribution in [3.8, 4) is 5.75 Å². The number of hydrogen-bond donors (Lipinski definition) is 1. The van der Waals surface area contributed by atoms with E-state index in [9.17, 15) is 14.4 Å². The molecule has 0 fully saturated rings. The highest BCUT2D eigenvalue weighted by atomic mass is 16.5. The maximum atomic E-state index is 12.9. The first-order chi connectivity index (χ1) is 12.9. The van der Waals surface area contributed by atoms with Gasteiger partial charge >= 0.3 is 5.97 Å². The third-order valence-electron chi connectivity index (χ3n) is 3.88. The van der Waals surface area contributed by atoms with Gasteiger partial charge in [0.1, 0.15) is 11.5 Å². The van der Waals surface area contributed by atoms with Crippen LogP contribution >= 0.6 is 0 Å². The highest BCUT2D eigenvalue weighted by Gasteiger charge is 2.26. The second-order valence-electron chi connectivity index (χ2n) is 6.18. The van der Waals surface area contributed by atoms with E-state index in [0.29, 0.717) is 17.0 Å². The standard InChI is InChI=1S/C21H23NO5/c1-14-9-11-18(26-3)17(13-14)22-21(25)20(16-7-5-4-6-8-16)27-19(24)12-10-15(2)23/h4-9,11,13,20H,10,12H2,1-3H3,(H,22,25). The molecule has 0 aliphatic heterocycles. The molecule has 0 bridgehead atoms. The van der Waals surface area contributed by atoms with Gasteiger partial charge in [-0.3, -0.25) is 9.59 Å². The number of methoxy groups -OCH3 is 1. The van der Waals surface area contributed by atoms with Crippen LogP contribution in [-0.2, 0) is 19.1 Å². The maximum absolute atomic E-state index is 12.9. The second kappa shape index (κ2) is 9.52. The molecule has 142 valence electrons. The summed E-state index contributed by atoms with van der Waals surface area (Å²) in [6.07, 6.45) is -1.12. The van der Waals surface area contributed by atoms with Crippen LogP contribution in [0.4, 0.5) is 5.69 Å². The first kappa shape index (κ1) is 20.2. The van der Waals surface area contributed by atoms with Crippen molar-refractivity contribution in [2.75, 3.05) is 12.4 Å². The van der Waals surface area contributed by atoms with E-state index >= 15 is 0 Å². The van der Waals surface area contributed by atoms with Crippen molar-refractivity contribution in [3.63, 3.8) is 0 Å². The zero-order chi connectivity index (χ0) is 19.8. The molecule has 2 rings (SSSR count). The van der Waals surface area contributed by atoms with E-state index in [1.165, 1.54) is 14.0 Å². The summed E-state index contributed by atoms with van der Waals surface area (Å²) in [4.78, 5) is 36.0. The van der Waals surface area contributed by atoms with E-state index in [2.05, 4.69) is 5.32 Å². The number of anilines is 1. The van der Waals surface area contributed by atoms with Gasteiger partial charge in [-0.05, 0) is 31.5 Å². The summed E-state index contributed by atoms with van der Waals surface area (Å²) in [6.45, 7) is 3.30. The Labute approximate surface area is 158 Å². The number of aryl methyl sites for hydroxylation is 1. The lowest BCUT2D eigenvalue weighted by Gasteiger charge is -2.19. The van der Waals surface area contributed by atoms with Crippen molar-refractivity contribution in [2.24, 2.45) is 0 Å². The molecule has 0 aliphatic carbocycles. The van der Waals surface area contributed by atoms with E-state index < -0.39 is 18.0 Å². The normalized spacial score (nSPS) is 11.4. The number of hydrogen-bond acceptors (Lipinski definition) is 5. The Balaban J connectivity index is 2.22. The van der Waals surface area contributed by atoms with Crippen LogP contribution in [0.3, 0.4) is 0 Å². The molecule has 0 heterocycles. The van der Waals surface area contributed by atoms with Crippen LogP contribution in [0, 0.1) is 6.92 Å². The number of ketones is 1.